The molecule has 0 saturated carbocycles. The molecular weight excluding hydrogens is 188 g/mol. The van der Waals surface area contributed by atoms with E-state index in [4.69, 9.17) is 4.74 Å². The molecule has 3 rings (SSSR count). The number of fused-ring (bicyclic) bond motifs is 1. The number of hydrogen-bond acceptors (Lipinski definition) is 2. The van der Waals surface area contributed by atoms with Crippen LogP contribution in [0.5, 0.6) is 0 Å². The Morgan fingerprint density at radius 3 is 3.27 bits per heavy atom. The van der Waals surface area contributed by atoms with Crippen LogP contribution in [0.15, 0.2) is 24.5 Å². The number of rotatable bonds is 1. The Kier molecular flexibility index (Phi) is 1.99. The highest BCUT2D eigenvalue weighted by molar-refractivity contribution is 5.42. The van der Waals surface area contributed by atoms with Gasteiger partial charge in [-0.2, -0.15) is 0 Å². The molecule has 0 aromatic carbocycles. The van der Waals surface area contributed by atoms with Crippen molar-refractivity contribution in [1.29, 1.82) is 0 Å². The van der Waals surface area contributed by atoms with E-state index in [1.807, 2.05) is 0 Å². The average Bonchev–Trinajstić information content (AvgIpc) is 2.84. The Morgan fingerprint density at radius 1 is 1.53 bits per heavy atom. The monoisotopic (exact) mass is 202 g/mol. The molecule has 15 heavy (non-hydrogen) atoms. The van der Waals surface area contributed by atoms with E-state index in [9.17, 15) is 0 Å². The minimum atomic E-state index is 0.213. The quantitative estimate of drug-likeness (QED) is 0.710. The van der Waals surface area contributed by atoms with Gasteiger partial charge in [0.2, 0.25) is 0 Å². The Morgan fingerprint density at radius 2 is 2.47 bits per heavy atom. The zero-order valence-corrected chi connectivity index (χ0v) is 8.81. The predicted molar refractivity (Wildman–Crippen MR) is 57.9 cm³/mol. The predicted octanol–water partition coefficient (Wildman–Crippen LogP) is 2.49. The summed E-state index contributed by atoms with van der Waals surface area (Å²) in [4.78, 5) is 4.59. The molecule has 0 bridgehead atoms. The lowest BCUT2D eigenvalue weighted by Gasteiger charge is -2.03. The largest absolute Gasteiger partial charge is 0.372 e. The van der Waals surface area contributed by atoms with Crippen LogP contribution in [0, 0.1) is 6.92 Å². The number of nitrogens with zero attached hydrogens (tertiary/aromatic N) is 2. The van der Waals surface area contributed by atoms with Crippen LogP contribution in [-0.2, 0) is 4.74 Å². The van der Waals surface area contributed by atoms with Crippen LogP contribution in [0.25, 0.3) is 5.65 Å². The topological polar surface area (TPSA) is 26.5 Å². The Hall–Kier alpha value is -1.35. The van der Waals surface area contributed by atoms with Gasteiger partial charge in [-0.1, -0.05) is 0 Å². The fourth-order valence-electron chi connectivity index (χ4n) is 2.07. The van der Waals surface area contributed by atoms with Crippen LogP contribution < -0.4 is 0 Å². The van der Waals surface area contributed by atoms with Crippen LogP contribution in [-0.4, -0.2) is 16.0 Å². The van der Waals surface area contributed by atoms with Gasteiger partial charge in [0.15, 0.2) is 0 Å². The van der Waals surface area contributed by atoms with Gasteiger partial charge in [0.05, 0.1) is 5.69 Å². The molecule has 3 nitrogen and oxygen atoms in total. The van der Waals surface area contributed by atoms with Gasteiger partial charge >= 0.3 is 0 Å². The highest BCUT2D eigenvalue weighted by atomic mass is 16.5. The van der Waals surface area contributed by atoms with Crippen molar-refractivity contribution in [2.24, 2.45) is 0 Å². The summed E-state index contributed by atoms with van der Waals surface area (Å²) in [7, 11) is 0. The number of aryl methyl sites for hydroxylation is 1. The first kappa shape index (κ1) is 8.92. The van der Waals surface area contributed by atoms with E-state index in [1.165, 1.54) is 5.56 Å². The SMILES string of the molecule is Cc1ccn2cc(C3CCCO3)nc2c1. The molecule has 0 radical (unpaired) electrons. The molecular formula is C12H14N2O. The molecule has 0 aliphatic carbocycles. The first-order valence-electron chi connectivity index (χ1n) is 5.40. The molecule has 3 heteroatoms. The maximum absolute atomic E-state index is 5.62. The zero-order chi connectivity index (χ0) is 10.3. The zero-order valence-electron chi connectivity index (χ0n) is 8.81. The van der Waals surface area contributed by atoms with Crippen molar-refractivity contribution in [1.82, 2.24) is 9.38 Å². The molecule has 3 heterocycles. The van der Waals surface area contributed by atoms with Gasteiger partial charge < -0.3 is 9.14 Å². The van der Waals surface area contributed by atoms with E-state index in [2.05, 4.69) is 40.8 Å². The molecule has 1 aliphatic rings. The van der Waals surface area contributed by atoms with Crippen molar-refractivity contribution in [2.45, 2.75) is 25.9 Å². The summed E-state index contributed by atoms with van der Waals surface area (Å²) in [6.45, 7) is 2.96. The van der Waals surface area contributed by atoms with Crippen molar-refractivity contribution < 1.29 is 4.74 Å². The van der Waals surface area contributed by atoms with Gasteiger partial charge in [0.1, 0.15) is 11.8 Å². The fraction of sp³-hybridized carbons (Fsp3) is 0.417. The summed E-state index contributed by atoms with van der Waals surface area (Å²) in [5.41, 5.74) is 3.32. The number of ether oxygens (including phenoxy) is 1. The Labute approximate surface area is 88.7 Å². The summed E-state index contributed by atoms with van der Waals surface area (Å²) in [6, 6.07) is 4.19. The Balaban J connectivity index is 2.05. The first-order valence-corrected chi connectivity index (χ1v) is 5.40. The Bertz CT molecular complexity index is 483. The number of imidazole rings is 1. The summed E-state index contributed by atoms with van der Waals surface area (Å²) in [6.07, 6.45) is 6.59. The molecule has 1 aliphatic heterocycles. The molecule has 1 saturated heterocycles. The van der Waals surface area contributed by atoms with Gasteiger partial charge in [0.25, 0.3) is 0 Å². The average molecular weight is 202 g/mol. The van der Waals surface area contributed by atoms with E-state index in [0.717, 1.165) is 30.8 Å². The molecule has 1 fully saturated rings. The summed E-state index contributed by atoms with van der Waals surface area (Å²) < 4.78 is 7.68. The van der Waals surface area contributed by atoms with E-state index in [-0.39, 0.29) is 6.10 Å². The van der Waals surface area contributed by atoms with Gasteiger partial charge in [-0.05, 0) is 37.5 Å². The summed E-state index contributed by atoms with van der Waals surface area (Å²) in [5.74, 6) is 0. The highest BCUT2D eigenvalue weighted by Crippen LogP contribution is 2.27. The third-order valence-electron chi connectivity index (χ3n) is 2.89. The van der Waals surface area contributed by atoms with Crippen molar-refractivity contribution in [3.63, 3.8) is 0 Å². The van der Waals surface area contributed by atoms with Crippen molar-refractivity contribution in [3.05, 3.63) is 35.8 Å². The smallest absolute Gasteiger partial charge is 0.137 e. The van der Waals surface area contributed by atoms with Gasteiger partial charge in [-0.3, -0.25) is 0 Å². The van der Waals surface area contributed by atoms with Gasteiger partial charge in [-0.15, -0.1) is 0 Å². The first-order chi connectivity index (χ1) is 7.33. The fourth-order valence-corrected chi connectivity index (χ4v) is 2.07. The van der Waals surface area contributed by atoms with E-state index in [0.29, 0.717) is 0 Å². The van der Waals surface area contributed by atoms with E-state index < -0.39 is 0 Å². The van der Waals surface area contributed by atoms with Crippen LogP contribution in [0.2, 0.25) is 0 Å². The number of aromatic nitrogens is 2. The maximum atomic E-state index is 5.62. The summed E-state index contributed by atoms with van der Waals surface area (Å²) >= 11 is 0. The van der Waals surface area contributed by atoms with E-state index in [1.54, 1.807) is 0 Å². The van der Waals surface area contributed by atoms with Crippen LogP contribution >= 0.6 is 0 Å². The van der Waals surface area contributed by atoms with Crippen LogP contribution in [0.4, 0.5) is 0 Å². The van der Waals surface area contributed by atoms with Crippen LogP contribution in [0.1, 0.15) is 30.2 Å². The van der Waals surface area contributed by atoms with Crippen molar-refractivity contribution in [2.75, 3.05) is 6.61 Å². The third-order valence-corrected chi connectivity index (χ3v) is 2.89. The second-order valence-electron chi connectivity index (χ2n) is 4.14. The lowest BCUT2D eigenvalue weighted by atomic mass is 10.2. The lowest BCUT2D eigenvalue weighted by molar-refractivity contribution is 0.109. The van der Waals surface area contributed by atoms with Gasteiger partial charge in [0, 0.05) is 19.0 Å². The molecule has 0 N–H and O–H groups in total. The normalized spacial score (nSPS) is 21.3. The second-order valence-corrected chi connectivity index (χ2v) is 4.14. The standard InChI is InChI=1S/C12H14N2O/c1-9-4-5-14-8-10(13-12(14)7-9)11-3-2-6-15-11/h4-5,7-8,11H,2-3,6H2,1H3. The molecule has 2 aromatic rings. The molecule has 0 amide bonds. The number of hydrogen-bond donors (Lipinski definition) is 0. The molecule has 0 spiro atoms. The molecule has 1 unspecified atom stereocenters. The highest BCUT2D eigenvalue weighted by Gasteiger charge is 2.20. The second kappa shape index (κ2) is 3.35. The van der Waals surface area contributed by atoms with Crippen molar-refractivity contribution >= 4 is 5.65 Å². The minimum absolute atomic E-state index is 0.213. The molecule has 1 atom stereocenters. The van der Waals surface area contributed by atoms with Crippen molar-refractivity contribution in [3.8, 4) is 0 Å². The lowest BCUT2D eigenvalue weighted by Crippen LogP contribution is -1.94. The van der Waals surface area contributed by atoms with E-state index >= 15 is 0 Å². The number of pyridine rings is 1. The molecule has 78 valence electrons. The minimum Gasteiger partial charge on any atom is -0.372 e. The van der Waals surface area contributed by atoms with Crippen LogP contribution in [0.3, 0.4) is 0 Å². The third kappa shape index (κ3) is 1.53. The summed E-state index contributed by atoms with van der Waals surface area (Å²) in [5, 5.41) is 0. The molecule has 2 aromatic heterocycles. The van der Waals surface area contributed by atoms with Gasteiger partial charge in [-0.25, -0.2) is 4.98 Å². The maximum Gasteiger partial charge on any atom is 0.137 e.